The third-order valence-electron chi connectivity index (χ3n) is 2.56. The lowest BCUT2D eigenvalue weighted by Gasteiger charge is -2.12. The van der Waals surface area contributed by atoms with Crippen molar-refractivity contribution in [3.63, 3.8) is 0 Å². The quantitative estimate of drug-likeness (QED) is 0.831. The van der Waals surface area contributed by atoms with Crippen LogP contribution < -0.4 is 0 Å². The van der Waals surface area contributed by atoms with Gasteiger partial charge >= 0.3 is 0 Å². The molecule has 2 aromatic rings. The van der Waals surface area contributed by atoms with Gasteiger partial charge in [-0.05, 0) is 30.2 Å². The second-order valence-corrected chi connectivity index (χ2v) is 4.21. The van der Waals surface area contributed by atoms with E-state index in [0.29, 0.717) is 21.8 Å². The number of pyridine rings is 1. The standard InChI is InChI=1S/C13H11ClFNO/c1-8-6-9(2-4-11(8)15)13(17)10-3-5-12(14)16-7-10/h2-7,13,17H,1H3. The molecule has 1 aromatic carbocycles. The summed E-state index contributed by atoms with van der Waals surface area (Å²) in [4.78, 5) is 3.90. The molecule has 1 heterocycles. The van der Waals surface area contributed by atoms with E-state index < -0.39 is 6.10 Å². The molecule has 1 N–H and O–H groups in total. The maximum atomic E-state index is 13.1. The highest BCUT2D eigenvalue weighted by molar-refractivity contribution is 6.29. The van der Waals surface area contributed by atoms with Crippen molar-refractivity contribution in [1.82, 2.24) is 4.98 Å². The maximum Gasteiger partial charge on any atom is 0.129 e. The Morgan fingerprint density at radius 3 is 2.53 bits per heavy atom. The number of aromatic nitrogens is 1. The predicted octanol–water partition coefficient (Wildman–Crippen LogP) is 3.26. The second-order valence-electron chi connectivity index (χ2n) is 3.83. The first-order chi connectivity index (χ1) is 8.08. The zero-order valence-electron chi connectivity index (χ0n) is 9.19. The molecule has 2 nitrogen and oxygen atoms in total. The minimum Gasteiger partial charge on any atom is -0.384 e. The van der Waals surface area contributed by atoms with Gasteiger partial charge < -0.3 is 5.11 Å². The van der Waals surface area contributed by atoms with Crippen LogP contribution >= 0.6 is 11.6 Å². The van der Waals surface area contributed by atoms with Gasteiger partial charge in [0, 0.05) is 11.8 Å². The Hall–Kier alpha value is -1.45. The Bertz CT molecular complexity index is 527. The van der Waals surface area contributed by atoms with Crippen molar-refractivity contribution in [3.05, 3.63) is 64.2 Å². The number of aliphatic hydroxyl groups excluding tert-OH is 1. The van der Waals surface area contributed by atoms with Crippen LogP contribution in [0.2, 0.25) is 5.15 Å². The molecule has 0 aliphatic carbocycles. The van der Waals surface area contributed by atoms with Crippen LogP contribution in [0.3, 0.4) is 0 Å². The molecule has 1 unspecified atom stereocenters. The van der Waals surface area contributed by atoms with E-state index in [1.165, 1.54) is 12.3 Å². The zero-order valence-corrected chi connectivity index (χ0v) is 9.95. The molecule has 4 heteroatoms. The fourth-order valence-corrected chi connectivity index (χ4v) is 1.69. The number of benzene rings is 1. The SMILES string of the molecule is Cc1cc(C(O)c2ccc(Cl)nc2)ccc1F. The second kappa shape index (κ2) is 4.82. The smallest absolute Gasteiger partial charge is 0.129 e. The summed E-state index contributed by atoms with van der Waals surface area (Å²) in [7, 11) is 0. The highest BCUT2D eigenvalue weighted by Crippen LogP contribution is 2.23. The molecule has 1 aromatic heterocycles. The molecule has 17 heavy (non-hydrogen) atoms. The molecule has 0 saturated heterocycles. The molecular weight excluding hydrogens is 241 g/mol. The Labute approximate surface area is 104 Å². The van der Waals surface area contributed by atoms with Crippen LogP contribution in [-0.2, 0) is 0 Å². The molecule has 2 rings (SSSR count). The summed E-state index contributed by atoms with van der Waals surface area (Å²) in [6.07, 6.45) is 0.685. The van der Waals surface area contributed by atoms with Gasteiger partial charge in [0.05, 0.1) is 0 Å². The van der Waals surface area contributed by atoms with Crippen molar-refractivity contribution in [2.45, 2.75) is 13.0 Å². The third kappa shape index (κ3) is 2.62. The molecule has 0 amide bonds. The molecule has 0 saturated carbocycles. The number of halogens is 2. The van der Waals surface area contributed by atoms with E-state index in [1.54, 1.807) is 31.2 Å². The van der Waals surface area contributed by atoms with Crippen LogP contribution in [0, 0.1) is 12.7 Å². The van der Waals surface area contributed by atoms with E-state index >= 15 is 0 Å². The van der Waals surface area contributed by atoms with Gasteiger partial charge in [-0.15, -0.1) is 0 Å². The molecule has 88 valence electrons. The number of aliphatic hydroxyl groups is 1. The lowest BCUT2D eigenvalue weighted by atomic mass is 10.0. The van der Waals surface area contributed by atoms with E-state index in [4.69, 9.17) is 11.6 Å². The first-order valence-corrected chi connectivity index (χ1v) is 5.51. The average Bonchev–Trinajstić information content (AvgIpc) is 2.33. The largest absolute Gasteiger partial charge is 0.384 e. The van der Waals surface area contributed by atoms with Gasteiger partial charge in [0.1, 0.15) is 17.1 Å². The molecule has 0 fully saturated rings. The summed E-state index contributed by atoms with van der Waals surface area (Å²) in [6.45, 7) is 1.66. The summed E-state index contributed by atoms with van der Waals surface area (Å²) in [5.74, 6) is -0.282. The van der Waals surface area contributed by atoms with Crippen molar-refractivity contribution in [2.75, 3.05) is 0 Å². The monoisotopic (exact) mass is 251 g/mol. The van der Waals surface area contributed by atoms with E-state index in [-0.39, 0.29) is 5.82 Å². The van der Waals surface area contributed by atoms with Crippen LogP contribution in [0.15, 0.2) is 36.5 Å². The lowest BCUT2D eigenvalue weighted by molar-refractivity contribution is 0.219. The number of aryl methyl sites for hydroxylation is 1. The van der Waals surface area contributed by atoms with Crippen LogP contribution in [0.4, 0.5) is 4.39 Å². The normalized spacial score (nSPS) is 12.5. The highest BCUT2D eigenvalue weighted by atomic mass is 35.5. The summed E-state index contributed by atoms with van der Waals surface area (Å²) in [5, 5.41) is 10.5. The van der Waals surface area contributed by atoms with Crippen LogP contribution in [0.25, 0.3) is 0 Å². The van der Waals surface area contributed by atoms with Gasteiger partial charge in [0.25, 0.3) is 0 Å². The minimum absolute atomic E-state index is 0.282. The molecular formula is C13H11ClFNO. The van der Waals surface area contributed by atoms with Crippen molar-refractivity contribution in [1.29, 1.82) is 0 Å². The van der Waals surface area contributed by atoms with Crippen LogP contribution in [0.5, 0.6) is 0 Å². The first-order valence-electron chi connectivity index (χ1n) is 5.13. The van der Waals surface area contributed by atoms with Gasteiger partial charge in [-0.2, -0.15) is 0 Å². The first kappa shape index (κ1) is 12.0. The highest BCUT2D eigenvalue weighted by Gasteiger charge is 2.12. The van der Waals surface area contributed by atoms with Gasteiger partial charge in [0.15, 0.2) is 0 Å². The minimum atomic E-state index is -0.820. The number of hydrogen-bond donors (Lipinski definition) is 1. The third-order valence-corrected chi connectivity index (χ3v) is 2.79. The Kier molecular flexibility index (Phi) is 3.41. The Morgan fingerprint density at radius 2 is 1.94 bits per heavy atom. The molecule has 0 spiro atoms. The fraction of sp³-hybridized carbons (Fsp3) is 0.154. The summed E-state index contributed by atoms with van der Waals surface area (Å²) in [6, 6.07) is 7.82. The van der Waals surface area contributed by atoms with Crippen LogP contribution in [0.1, 0.15) is 22.8 Å². The topological polar surface area (TPSA) is 33.1 Å². The number of nitrogens with zero attached hydrogens (tertiary/aromatic N) is 1. The lowest BCUT2D eigenvalue weighted by Crippen LogP contribution is -2.01. The average molecular weight is 252 g/mol. The summed E-state index contributed by atoms with van der Waals surface area (Å²) < 4.78 is 13.1. The summed E-state index contributed by atoms with van der Waals surface area (Å²) >= 11 is 5.67. The maximum absolute atomic E-state index is 13.1. The predicted molar refractivity (Wildman–Crippen MR) is 64.4 cm³/mol. The number of rotatable bonds is 2. The van der Waals surface area contributed by atoms with Gasteiger partial charge in [-0.1, -0.05) is 29.8 Å². The van der Waals surface area contributed by atoms with Crippen molar-refractivity contribution < 1.29 is 9.50 Å². The van der Waals surface area contributed by atoms with Gasteiger partial charge in [0.2, 0.25) is 0 Å². The van der Waals surface area contributed by atoms with E-state index in [1.807, 2.05) is 0 Å². The van der Waals surface area contributed by atoms with Gasteiger partial charge in [-0.25, -0.2) is 9.37 Å². The van der Waals surface area contributed by atoms with E-state index in [2.05, 4.69) is 4.98 Å². The molecule has 0 bridgehead atoms. The fourth-order valence-electron chi connectivity index (χ4n) is 1.58. The molecule has 0 aliphatic heterocycles. The molecule has 0 radical (unpaired) electrons. The van der Waals surface area contributed by atoms with E-state index in [9.17, 15) is 9.50 Å². The molecule has 0 aliphatic rings. The van der Waals surface area contributed by atoms with Gasteiger partial charge in [-0.3, -0.25) is 0 Å². The zero-order chi connectivity index (χ0) is 12.4. The Balaban J connectivity index is 2.33. The Morgan fingerprint density at radius 1 is 1.24 bits per heavy atom. The molecule has 1 atom stereocenters. The van der Waals surface area contributed by atoms with Crippen molar-refractivity contribution >= 4 is 11.6 Å². The van der Waals surface area contributed by atoms with Crippen LogP contribution in [-0.4, -0.2) is 10.1 Å². The van der Waals surface area contributed by atoms with Crippen molar-refractivity contribution in [3.8, 4) is 0 Å². The summed E-state index contributed by atoms with van der Waals surface area (Å²) in [5.41, 5.74) is 1.76. The van der Waals surface area contributed by atoms with E-state index in [0.717, 1.165) is 0 Å². The van der Waals surface area contributed by atoms with Crippen molar-refractivity contribution in [2.24, 2.45) is 0 Å². The number of hydrogen-bond acceptors (Lipinski definition) is 2.